The van der Waals surface area contributed by atoms with E-state index in [0.29, 0.717) is 18.2 Å². The Hall–Kier alpha value is -1.88. The van der Waals surface area contributed by atoms with Crippen molar-refractivity contribution in [3.05, 3.63) is 59.4 Å². The first-order valence-corrected chi connectivity index (χ1v) is 5.57. The van der Waals surface area contributed by atoms with Gasteiger partial charge in [0.05, 0.1) is 5.56 Å². The topological polar surface area (TPSA) is 26.0 Å². The molecule has 0 aliphatic carbocycles. The molecule has 2 N–H and O–H groups in total. The van der Waals surface area contributed by atoms with Gasteiger partial charge in [0, 0.05) is 6.54 Å². The normalized spacial score (nSPS) is 11.6. The molecule has 0 saturated heterocycles. The van der Waals surface area contributed by atoms with Crippen molar-refractivity contribution in [2.75, 3.05) is 0 Å². The maximum absolute atomic E-state index is 13.3. The lowest BCUT2D eigenvalue weighted by Gasteiger charge is -2.10. The van der Waals surface area contributed by atoms with Gasteiger partial charge in [-0.2, -0.15) is 13.2 Å². The molecule has 2 aromatic carbocycles. The molecule has 2 rings (SSSR count). The van der Waals surface area contributed by atoms with Crippen LogP contribution >= 0.6 is 0 Å². The van der Waals surface area contributed by atoms with Gasteiger partial charge in [-0.25, -0.2) is 4.39 Å². The Morgan fingerprint density at radius 1 is 0.895 bits per heavy atom. The summed E-state index contributed by atoms with van der Waals surface area (Å²) in [5.74, 6) is -0.910. The predicted octanol–water partition coefficient (Wildman–Crippen LogP) is 3.97. The van der Waals surface area contributed by atoms with Crippen molar-refractivity contribution >= 4 is 0 Å². The zero-order chi connectivity index (χ0) is 14.0. The van der Waals surface area contributed by atoms with Crippen molar-refractivity contribution in [3.63, 3.8) is 0 Å². The Labute approximate surface area is 107 Å². The van der Waals surface area contributed by atoms with Crippen molar-refractivity contribution < 1.29 is 17.6 Å². The largest absolute Gasteiger partial charge is 0.416 e. The lowest BCUT2D eigenvalue weighted by molar-refractivity contribution is -0.137. The highest BCUT2D eigenvalue weighted by atomic mass is 19.4. The standard InChI is InChI=1S/C14H11F4N/c15-13-6-11(5-12(7-13)14(16,17)18)10-3-1-9(8-19)2-4-10/h1-7H,8,19H2. The number of rotatable bonds is 2. The van der Waals surface area contributed by atoms with Crippen LogP contribution in [0.25, 0.3) is 11.1 Å². The molecule has 0 aliphatic rings. The zero-order valence-electron chi connectivity index (χ0n) is 9.84. The molecule has 0 heterocycles. The molecule has 100 valence electrons. The molecule has 0 unspecified atom stereocenters. The van der Waals surface area contributed by atoms with Crippen LogP contribution in [0.4, 0.5) is 17.6 Å². The third kappa shape index (κ3) is 3.12. The van der Waals surface area contributed by atoms with Crippen molar-refractivity contribution in [2.24, 2.45) is 5.73 Å². The smallest absolute Gasteiger partial charge is 0.326 e. The van der Waals surface area contributed by atoms with Gasteiger partial charge in [0.15, 0.2) is 0 Å². The van der Waals surface area contributed by atoms with E-state index >= 15 is 0 Å². The summed E-state index contributed by atoms with van der Waals surface area (Å²) in [5.41, 5.74) is 6.00. The number of alkyl halides is 3. The number of halogens is 4. The maximum atomic E-state index is 13.3. The summed E-state index contributed by atoms with van der Waals surface area (Å²) in [4.78, 5) is 0. The van der Waals surface area contributed by atoms with Crippen LogP contribution in [-0.4, -0.2) is 0 Å². The Morgan fingerprint density at radius 2 is 1.53 bits per heavy atom. The highest BCUT2D eigenvalue weighted by molar-refractivity contribution is 5.64. The monoisotopic (exact) mass is 269 g/mol. The minimum atomic E-state index is -4.56. The van der Waals surface area contributed by atoms with Gasteiger partial charge in [-0.15, -0.1) is 0 Å². The van der Waals surface area contributed by atoms with Crippen LogP contribution in [-0.2, 0) is 12.7 Å². The predicted molar refractivity (Wildman–Crippen MR) is 64.7 cm³/mol. The molecule has 19 heavy (non-hydrogen) atoms. The molecule has 0 radical (unpaired) electrons. The fourth-order valence-electron chi connectivity index (χ4n) is 1.75. The van der Waals surface area contributed by atoms with E-state index in [4.69, 9.17) is 5.73 Å². The van der Waals surface area contributed by atoms with Crippen LogP contribution in [0.15, 0.2) is 42.5 Å². The third-order valence-electron chi connectivity index (χ3n) is 2.75. The lowest BCUT2D eigenvalue weighted by Crippen LogP contribution is -2.05. The van der Waals surface area contributed by atoms with Crippen LogP contribution in [0.1, 0.15) is 11.1 Å². The van der Waals surface area contributed by atoms with Gasteiger partial charge in [-0.1, -0.05) is 24.3 Å². The van der Waals surface area contributed by atoms with E-state index in [-0.39, 0.29) is 5.56 Å². The number of hydrogen-bond acceptors (Lipinski definition) is 1. The molecule has 0 aromatic heterocycles. The molecular weight excluding hydrogens is 258 g/mol. The molecule has 0 aliphatic heterocycles. The zero-order valence-corrected chi connectivity index (χ0v) is 9.84. The summed E-state index contributed by atoms with van der Waals surface area (Å²) in [6, 6.07) is 9.14. The summed E-state index contributed by atoms with van der Waals surface area (Å²) < 4.78 is 51.1. The molecule has 0 fully saturated rings. The second-order valence-corrected chi connectivity index (χ2v) is 4.13. The molecule has 0 atom stereocenters. The van der Waals surface area contributed by atoms with Gasteiger partial charge in [0.2, 0.25) is 0 Å². The lowest BCUT2D eigenvalue weighted by atomic mass is 10.0. The molecule has 0 amide bonds. The van der Waals surface area contributed by atoms with Crippen molar-refractivity contribution in [2.45, 2.75) is 12.7 Å². The SMILES string of the molecule is NCc1ccc(-c2cc(F)cc(C(F)(F)F)c2)cc1. The van der Waals surface area contributed by atoms with E-state index in [0.717, 1.165) is 17.7 Å². The molecule has 2 aromatic rings. The van der Waals surface area contributed by atoms with E-state index in [9.17, 15) is 17.6 Å². The number of nitrogens with two attached hydrogens (primary N) is 1. The molecule has 5 heteroatoms. The van der Waals surface area contributed by atoms with E-state index in [2.05, 4.69) is 0 Å². The van der Waals surface area contributed by atoms with Crippen molar-refractivity contribution in [3.8, 4) is 11.1 Å². The van der Waals surface area contributed by atoms with Crippen LogP contribution in [0.2, 0.25) is 0 Å². The molecule has 0 bridgehead atoms. The summed E-state index contributed by atoms with van der Waals surface area (Å²) in [7, 11) is 0. The fourth-order valence-corrected chi connectivity index (χ4v) is 1.75. The van der Waals surface area contributed by atoms with E-state index in [1.54, 1.807) is 24.3 Å². The Kier molecular flexibility index (Phi) is 3.57. The first kappa shape index (κ1) is 13.5. The minimum Gasteiger partial charge on any atom is -0.326 e. The van der Waals surface area contributed by atoms with Crippen LogP contribution in [0.5, 0.6) is 0 Å². The van der Waals surface area contributed by atoms with Crippen LogP contribution in [0.3, 0.4) is 0 Å². The molecular formula is C14H11F4N. The second kappa shape index (κ2) is 5.01. The average Bonchev–Trinajstić information content (AvgIpc) is 2.37. The van der Waals surface area contributed by atoms with Crippen molar-refractivity contribution in [1.82, 2.24) is 0 Å². The number of hydrogen-bond donors (Lipinski definition) is 1. The Balaban J connectivity index is 2.46. The fraction of sp³-hybridized carbons (Fsp3) is 0.143. The first-order valence-electron chi connectivity index (χ1n) is 5.57. The van der Waals surface area contributed by atoms with E-state index in [1.165, 1.54) is 0 Å². The van der Waals surface area contributed by atoms with Gasteiger partial charge in [0.1, 0.15) is 5.82 Å². The summed E-state index contributed by atoms with van der Waals surface area (Å²) in [6.07, 6.45) is -4.56. The number of benzene rings is 2. The molecule has 0 spiro atoms. The van der Waals surface area contributed by atoms with Crippen molar-refractivity contribution in [1.29, 1.82) is 0 Å². The summed E-state index contributed by atoms with van der Waals surface area (Å²) >= 11 is 0. The Morgan fingerprint density at radius 3 is 2.05 bits per heavy atom. The average molecular weight is 269 g/mol. The highest BCUT2D eigenvalue weighted by Gasteiger charge is 2.31. The van der Waals surface area contributed by atoms with E-state index < -0.39 is 17.6 Å². The van der Waals surface area contributed by atoms with Gasteiger partial charge in [-0.3, -0.25) is 0 Å². The van der Waals surface area contributed by atoms with Crippen LogP contribution in [0, 0.1) is 5.82 Å². The van der Waals surface area contributed by atoms with Gasteiger partial charge in [0.25, 0.3) is 0 Å². The highest BCUT2D eigenvalue weighted by Crippen LogP contribution is 2.33. The third-order valence-corrected chi connectivity index (χ3v) is 2.75. The van der Waals surface area contributed by atoms with Gasteiger partial charge in [-0.05, 0) is 34.9 Å². The molecule has 1 nitrogen and oxygen atoms in total. The van der Waals surface area contributed by atoms with E-state index in [1.807, 2.05) is 0 Å². The Bertz CT molecular complexity index is 573. The maximum Gasteiger partial charge on any atom is 0.416 e. The molecule has 0 saturated carbocycles. The van der Waals surface area contributed by atoms with Crippen LogP contribution < -0.4 is 5.73 Å². The van der Waals surface area contributed by atoms with Gasteiger partial charge >= 0.3 is 6.18 Å². The second-order valence-electron chi connectivity index (χ2n) is 4.13. The summed E-state index contributed by atoms with van der Waals surface area (Å²) in [5, 5.41) is 0. The van der Waals surface area contributed by atoms with Gasteiger partial charge < -0.3 is 5.73 Å². The quantitative estimate of drug-likeness (QED) is 0.820. The first-order chi connectivity index (χ1) is 8.90. The minimum absolute atomic E-state index is 0.191. The summed E-state index contributed by atoms with van der Waals surface area (Å²) in [6.45, 7) is 0.344.